The van der Waals surface area contributed by atoms with E-state index in [1.807, 2.05) is 60.8 Å². The summed E-state index contributed by atoms with van der Waals surface area (Å²) in [5.41, 5.74) is 3.31. The highest BCUT2D eigenvalue weighted by Gasteiger charge is 2.30. The van der Waals surface area contributed by atoms with Gasteiger partial charge in [-0.05, 0) is 24.8 Å². The Bertz CT molecular complexity index is 1050. The molecule has 1 aliphatic heterocycles. The first kappa shape index (κ1) is 21.6. The second-order valence-electron chi connectivity index (χ2n) is 8.24. The van der Waals surface area contributed by atoms with E-state index in [1.54, 1.807) is 11.9 Å². The van der Waals surface area contributed by atoms with Crippen LogP contribution in [0.5, 0.6) is 0 Å². The summed E-state index contributed by atoms with van der Waals surface area (Å²) in [4.78, 5) is 24.3. The van der Waals surface area contributed by atoms with Crippen molar-refractivity contribution in [1.29, 1.82) is 5.26 Å². The second-order valence-corrected chi connectivity index (χ2v) is 8.24. The molecule has 0 saturated heterocycles. The van der Waals surface area contributed by atoms with E-state index in [4.69, 9.17) is 4.99 Å². The summed E-state index contributed by atoms with van der Waals surface area (Å²) in [6.07, 6.45) is 7.06. The Hall–Kier alpha value is -3.66. The number of amides is 1. The molecule has 2 N–H and O–H groups in total. The number of likely N-dealkylation sites (N-methyl/N-ethyl adjacent to an activating group) is 1. The Kier molecular flexibility index (Phi) is 6.81. The molecule has 1 amide bonds. The number of benzene rings is 2. The Morgan fingerprint density at radius 1 is 1.12 bits per heavy atom. The van der Waals surface area contributed by atoms with Crippen molar-refractivity contribution < 1.29 is 4.79 Å². The first-order valence-corrected chi connectivity index (χ1v) is 11.1. The summed E-state index contributed by atoms with van der Waals surface area (Å²) in [7, 11) is 1.75. The van der Waals surface area contributed by atoms with E-state index in [-0.39, 0.29) is 11.9 Å². The molecule has 2 aromatic rings. The maximum absolute atomic E-state index is 13.3. The fourth-order valence-electron chi connectivity index (χ4n) is 4.34. The molecular formula is C25H28N6O. The van der Waals surface area contributed by atoms with Crippen molar-refractivity contribution in [3.63, 3.8) is 0 Å². The number of nitriles is 1. The number of carbonyl (C=O) groups excluding carboxylic acids is 1. The van der Waals surface area contributed by atoms with Crippen molar-refractivity contribution in [1.82, 2.24) is 10.6 Å². The van der Waals surface area contributed by atoms with Gasteiger partial charge in [0.2, 0.25) is 12.1 Å². The van der Waals surface area contributed by atoms with Crippen molar-refractivity contribution in [2.24, 2.45) is 15.9 Å². The lowest BCUT2D eigenvalue weighted by molar-refractivity contribution is -0.119. The van der Waals surface area contributed by atoms with Gasteiger partial charge in [-0.3, -0.25) is 15.1 Å². The molecule has 2 aliphatic rings. The zero-order chi connectivity index (χ0) is 22.3. The topological polar surface area (TPSA) is 92.9 Å². The van der Waals surface area contributed by atoms with Crippen LogP contribution in [0.25, 0.3) is 0 Å². The third kappa shape index (κ3) is 4.80. The number of guanidine groups is 1. The van der Waals surface area contributed by atoms with Crippen LogP contribution in [0.3, 0.4) is 0 Å². The fourth-order valence-corrected chi connectivity index (χ4v) is 4.34. The minimum atomic E-state index is -0.909. The Morgan fingerprint density at radius 3 is 2.59 bits per heavy atom. The van der Waals surface area contributed by atoms with Crippen LogP contribution < -0.4 is 15.5 Å². The predicted molar refractivity (Wildman–Crippen MR) is 126 cm³/mol. The maximum Gasteiger partial charge on any atom is 0.272 e. The zero-order valence-corrected chi connectivity index (χ0v) is 18.3. The number of rotatable bonds is 4. The largest absolute Gasteiger partial charge is 0.326 e. The zero-order valence-electron chi connectivity index (χ0n) is 18.3. The van der Waals surface area contributed by atoms with E-state index in [9.17, 15) is 10.1 Å². The lowest BCUT2D eigenvalue weighted by Gasteiger charge is -2.22. The summed E-state index contributed by atoms with van der Waals surface area (Å²) < 4.78 is 0. The van der Waals surface area contributed by atoms with Crippen LogP contribution in [0.15, 0.2) is 64.6 Å². The number of aliphatic imine (C=N–C) groups is 2. The van der Waals surface area contributed by atoms with Crippen molar-refractivity contribution >= 4 is 23.3 Å². The molecule has 4 rings (SSSR count). The maximum atomic E-state index is 13.3. The lowest BCUT2D eigenvalue weighted by Crippen LogP contribution is -2.49. The molecule has 7 heteroatoms. The number of nitrogens with zero attached hydrogens (tertiary/aromatic N) is 4. The molecule has 32 heavy (non-hydrogen) atoms. The van der Waals surface area contributed by atoms with E-state index in [0.29, 0.717) is 12.5 Å². The van der Waals surface area contributed by atoms with Crippen LogP contribution in [-0.2, 0) is 4.79 Å². The van der Waals surface area contributed by atoms with Gasteiger partial charge in [-0.1, -0.05) is 67.8 Å². The summed E-state index contributed by atoms with van der Waals surface area (Å²) >= 11 is 0. The van der Waals surface area contributed by atoms with Crippen molar-refractivity contribution in [2.75, 3.05) is 18.5 Å². The summed E-state index contributed by atoms with van der Waals surface area (Å²) in [6.45, 7) is 0.628. The summed E-state index contributed by atoms with van der Waals surface area (Å²) in [5.74, 6) is 0.585. The first-order valence-electron chi connectivity index (χ1n) is 11.1. The molecule has 1 aliphatic carbocycles. The van der Waals surface area contributed by atoms with Crippen LogP contribution in [-0.4, -0.2) is 37.3 Å². The fraction of sp³-hybridized carbons (Fsp3) is 0.360. The van der Waals surface area contributed by atoms with Gasteiger partial charge in [0, 0.05) is 24.7 Å². The number of para-hydroxylation sites is 1. The van der Waals surface area contributed by atoms with E-state index in [0.717, 1.165) is 35.4 Å². The van der Waals surface area contributed by atoms with Crippen molar-refractivity contribution in [2.45, 2.75) is 38.3 Å². The monoisotopic (exact) mass is 428 g/mol. The smallest absolute Gasteiger partial charge is 0.272 e. The molecule has 1 fully saturated rings. The third-order valence-electron chi connectivity index (χ3n) is 6.07. The first-order chi connectivity index (χ1) is 15.7. The van der Waals surface area contributed by atoms with Crippen LogP contribution >= 0.6 is 0 Å². The third-order valence-corrected chi connectivity index (χ3v) is 6.07. The highest BCUT2D eigenvalue weighted by Crippen LogP contribution is 2.27. The van der Waals surface area contributed by atoms with Gasteiger partial charge in [-0.2, -0.15) is 5.26 Å². The molecule has 1 unspecified atom stereocenters. The molecule has 0 aromatic heterocycles. The summed E-state index contributed by atoms with van der Waals surface area (Å²) in [6, 6.07) is 17.6. The van der Waals surface area contributed by atoms with Gasteiger partial charge < -0.3 is 10.2 Å². The van der Waals surface area contributed by atoms with Crippen LogP contribution in [0.4, 0.5) is 5.69 Å². The molecule has 0 bridgehead atoms. The highest BCUT2D eigenvalue weighted by atomic mass is 16.2. The van der Waals surface area contributed by atoms with Crippen LogP contribution in [0.2, 0.25) is 0 Å². The Balaban J connectivity index is 1.67. The Morgan fingerprint density at radius 2 is 1.84 bits per heavy atom. The highest BCUT2D eigenvalue weighted by molar-refractivity contribution is 6.20. The standard InChI is InChI=1S/C25H28N6O/c1-31-21-15-9-8-14-20(21)22(19-12-6-3-7-13-19)29-23(24(31)32)30-25(28-17-26)27-16-18-10-4-2-5-11-18/h3,6-9,12-15,18,23H,2,4-5,10-11,16H2,1H3,(H2,27,28,30). The predicted octanol–water partition coefficient (Wildman–Crippen LogP) is 3.42. The van der Waals surface area contributed by atoms with Gasteiger partial charge >= 0.3 is 0 Å². The van der Waals surface area contributed by atoms with Crippen molar-refractivity contribution in [3.05, 3.63) is 65.7 Å². The van der Waals surface area contributed by atoms with Gasteiger partial charge in [-0.25, -0.2) is 4.99 Å². The molecule has 0 radical (unpaired) electrons. The molecule has 2 aromatic carbocycles. The molecule has 0 spiro atoms. The average molecular weight is 429 g/mol. The van der Waals surface area contributed by atoms with E-state index in [2.05, 4.69) is 15.6 Å². The van der Waals surface area contributed by atoms with E-state index in [1.165, 1.54) is 19.3 Å². The molecular weight excluding hydrogens is 400 g/mol. The van der Waals surface area contributed by atoms with Gasteiger partial charge in [-0.15, -0.1) is 0 Å². The number of hydrogen-bond acceptors (Lipinski definition) is 4. The number of anilines is 1. The Labute approximate surface area is 188 Å². The number of benzodiazepines with no additional fused rings is 1. The molecule has 1 saturated carbocycles. The van der Waals surface area contributed by atoms with Crippen molar-refractivity contribution in [3.8, 4) is 6.19 Å². The van der Waals surface area contributed by atoms with Gasteiger partial charge in [0.1, 0.15) is 0 Å². The van der Waals surface area contributed by atoms with E-state index < -0.39 is 6.17 Å². The molecule has 164 valence electrons. The van der Waals surface area contributed by atoms with Gasteiger partial charge in [0.05, 0.1) is 11.4 Å². The van der Waals surface area contributed by atoms with Gasteiger partial charge in [0.15, 0.2) is 6.19 Å². The molecule has 1 heterocycles. The number of fused-ring (bicyclic) bond motifs is 1. The number of nitrogens with one attached hydrogen (secondary N) is 2. The minimum Gasteiger partial charge on any atom is -0.326 e. The average Bonchev–Trinajstić information content (AvgIpc) is 2.94. The second kappa shape index (κ2) is 10.1. The van der Waals surface area contributed by atoms with Crippen LogP contribution in [0.1, 0.15) is 43.2 Å². The van der Waals surface area contributed by atoms with E-state index >= 15 is 0 Å². The minimum absolute atomic E-state index is 0.214. The SMILES string of the molecule is CN1C(=O)C(NC(=NCC2CCCCC2)NC#N)N=C(c2ccccc2)c2ccccc21. The number of hydrogen-bond donors (Lipinski definition) is 2. The normalized spacial score (nSPS) is 19.4. The quantitative estimate of drug-likeness (QED) is 0.338. The number of carbonyl (C=O) groups is 1. The lowest BCUT2D eigenvalue weighted by atomic mass is 9.89. The summed E-state index contributed by atoms with van der Waals surface area (Å²) in [5, 5.41) is 14.9. The van der Waals surface area contributed by atoms with Gasteiger partial charge in [0.25, 0.3) is 5.91 Å². The molecule has 7 nitrogen and oxygen atoms in total. The molecule has 1 atom stereocenters. The van der Waals surface area contributed by atoms with Crippen LogP contribution in [0, 0.1) is 17.4 Å².